The second-order valence-corrected chi connectivity index (χ2v) is 3.96. The number of hydrogen-bond acceptors (Lipinski definition) is 0. The van der Waals surface area contributed by atoms with E-state index < -0.39 is 23.4 Å². The number of unbranched alkanes of at least 4 members (excludes halogenated alkanes) is 1. The smallest absolute Gasteiger partial charge is 0.206 e. The number of rotatable bonds is 4. The predicted molar refractivity (Wildman–Crippen MR) is 55.0 cm³/mol. The van der Waals surface area contributed by atoms with Crippen molar-refractivity contribution in [1.82, 2.24) is 0 Å². The van der Waals surface area contributed by atoms with Crippen LogP contribution in [0.4, 0.5) is 22.0 Å². The van der Waals surface area contributed by atoms with Gasteiger partial charge in [-0.2, -0.15) is 13.2 Å². The molecule has 1 rings (SSSR count). The maximum atomic E-state index is 13.1. The third-order valence-electron chi connectivity index (χ3n) is 2.23. The molecule has 0 aliphatic rings. The van der Waals surface area contributed by atoms with Crippen LogP contribution < -0.4 is 0 Å². The number of halogens is 6. The Bertz CT molecular complexity index is 363. The molecule has 0 aliphatic carbocycles. The van der Waals surface area contributed by atoms with Crippen LogP contribution in [0.2, 0.25) is 0 Å². The molecule has 0 aliphatic heterocycles. The highest BCUT2D eigenvalue weighted by Crippen LogP contribution is 2.34. The molecule has 96 valence electrons. The van der Waals surface area contributed by atoms with E-state index in [4.69, 9.17) is 11.6 Å². The van der Waals surface area contributed by atoms with Crippen LogP contribution in [-0.2, 0) is 12.6 Å². The van der Waals surface area contributed by atoms with Crippen LogP contribution >= 0.6 is 11.6 Å². The lowest BCUT2D eigenvalue weighted by Gasteiger charge is -2.10. The quantitative estimate of drug-likeness (QED) is 0.429. The Morgan fingerprint density at radius 2 is 1.53 bits per heavy atom. The van der Waals surface area contributed by atoms with E-state index in [1.165, 1.54) is 0 Å². The fourth-order valence-electron chi connectivity index (χ4n) is 1.46. The van der Waals surface area contributed by atoms with Gasteiger partial charge >= 0.3 is 6.18 Å². The molecule has 0 unspecified atom stereocenters. The summed E-state index contributed by atoms with van der Waals surface area (Å²) in [7, 11) is 0. The topological polar surface area (TPSA) is 0 Å². The molecule has 0 aromatic heterocycles. The normalized spacial score (nSPS) is 11.9. The second kappa shape index (κ2) is 5.67. The van der Waals surface area contributed by atoms with Crippen molar-refractivity contribution in [3.8, 4) is 0 Å². The Balaban J connectivity index is 2.94. The molecular formula is C11H10ClF5. The second-order valence-electron chi connectivity index (χ2n) is 3.58. The third-order valence-corrected chi connectivity index (χ3v) is 2.50. The van der Waals surface area contributed by atoms with Crippen LogP contribution in [0.1, 0.15) is 24.0 Å². The zero-order valence-corrected chi connectivity index (χ0v) is 9.51. The first-order valence-corrected chi connectivity index (χ1v) is 5.50. The SMILES string of the molecule is Fc1cc(CCCCCl)cc(F)c1C(F)(F)F. The minimum atomic E-state index is -5.01. The van der Waals surface area contributed by atoms with Crippen LogP contribution in [0.3, 0.4) is 0 Å². The molecule has 0 spiro atoms. The molecular weight excluding hydrogens is 263 g/mol. The van der Waals surface area contributed by atoms with E-state index in [0.717, 1.165) is 12.1 Å². The Hall–Kier alpha value is -0.840. The van der Waals surface area contributed by atoms with E-state index in [1.807, 2.05) is 0 Å². The largest absolute Gasteiger partial charge is 0.422 e. The molecule has 0 bridgehead atoms. The summed E-state index contributed by atoms with van der Waals surface area (Å²) in [6.07, 6.45) is -3.49. The fraction of sp³-hybridized carbons (Fsp3) is 0.455. The lowest BCUT2D eigenvalue weighted by molar-refractivity contribution is -0.142. The van der Waals surface area contributed by atoms with Crippen molar-refractivity contribution < 1.29 is 22.0 Å². The summed E-state index contributed by atoms with van der Waals surface area (Å²) >= 11 is 5.42. The van der Waals surface area contributed by atoms with Crippen molar-refractivity contribution in [2.75, 3.05) is 5.88 Å². The summed E-state index contributed by atoms with van der Waals surface area (Å²) in [5.74, 6) is -2.73. The van der Waals surface area contributed by atoms with Gasteiger partial charge in [0, 0.05) is 5.88 Å². The first-order chi connectivity index (χ1) is 7.86. The molecule has 0 nitrogen and oxygen atoms in total. The molecule has 1 aromatic carbocycles. The lowest BCUT2D eigenvalue weighted by atomic mass is 10.0. The van der Waals surface area contributed by atoms with Gasteiger partial charge in [0.15, 0.2) is 0 Å². The average Bonchev–Trinajstić information content (AvgIpc) is 2.14. The summed E-state index contributed by atoms with van der Waals surface area (Å²) in [6, 6.07) is 1.44. The Labute approximate surface area is 100 Å². The molecule has 0 saturated heterocycles. The van der Waals surface area contributed by atoms with Crippen molar-refractivity contribution in [2.45, 2.75) is 25.4 Å². The predicted octanol–water partition coefficient (Wildman–Crippen LogP) is 4.55. The van der Waals surface area contributed by atoms with Gasteiger partial charge in [-0.1, -0.05) is 0 Å². The standard InChI is InChI=1S/C11H10ClF5/c12-4-2-1-3-7-5-8(13)10(9(14)6-7)11(15,16)17/h5-6H,1-4H2. The number of aryl methyl sites for hydroxylation is 1. The van der Waals surface area contributed by atoms with Crippen LogP contribution in [0.15, 0.2) is 12.1 Å². The van der Waals surface area contributed by atoms with Crippen molar-refractivity contribution in [2.24, 2.45) is 0 Å². The molecule has 0 N–H and O–H groups in total. The Morgan fingerprint density at radius 1 is 1.00 bits per heavy atom. The van der Waals surface area contributed by atoms with Gasteiger partial charge in [-0.3, -0.25) is 0 Å². The first-order valence-electron chi connectivity index (χ1n) is 4.97. The van der Waals surface area contributed by atoms with Gasteiger partial charge in [-0.05, 0) is 37.0 Å². The zero-order chi connectivity index (χ0) is 13.1. The minimum Gasteiger partial charge on any atom is -0.206 e. The van der Waals surface area contributed by atoms with Crippen molar-refractivity contribution in [3.05, 3.63) is 34.9 Å². The first kappa shape index (κ1) is 14.2. The van der Waals surface area contributed by atoms with Gasteiger partial charge in [0.25, 0.3) is 0 Å². The minimum absolute atomic E-state index is 0.207. The van der Waals surface area contributed by atoms with E-state index in [2.05, 4.69) is 0 Å². The molecule has 0 saturated carbocycles. The number of alkyl halides is 4. The highest BCUT2D eigenvalue weighted by atomic mass is 35.5. The molecule has 0 heterocycles. The van der Waals surface area contributed by atoms with Crippen LogP contribution in [0, 0.1) is 11.6 Å². The summed E-state index contributed by atoms with van der Waals surface area (Å²) in [6.45, 7) is 0. The Morgan fingerprint density at radius 3 is 1.94 bits per heavy atom. The van der Waals surface area contributed by atoms with Gasteiger partial charge < -0.3 is 0 Å². The van der Waals surface area contributed by atoms with Crippen molar-refractivity contribution in [3.63, 3.8) is 0 Å². The van der Waals surface area contributed by atoms with E-state index in [9.17, 15) is 22.0 Å². The molecule has 0 fully saturated rings. The van der Waals surface area contributed by atoms with Crippen molar-refractivity contribution >= 4 is 11.6 Å². The fourth-order valence-corrected chi connectivity index (χ4v) is 1.65. The van der Waals surface area contributed by atoms with Crippen LogP contribution in [-0.4, -0.2) is 5.88 Å². The van der Waals surface area contributed by atoms with E-state index in [-0.39, 0.29) is 5.56 Å². The molecule has 0 amide bonds. The Kier molecular flexibility index (Phi) is 4.74. The van der Waals surface area contributed by atoms with E-state index in [0.29, 0.717) is 25.1 Å². The highest BCUT2D eigenvalue weighted by Gasteiger charge is 2.37. The molecule has 17 heavy (non-hydrogen) atoms. The lowest BCUT2D eigenvalue weighted by Crippen LogP contribution is -2.12. The van der Waals surface area contributed by atoms with E-state index in [1.54, 1.807) is 0 Å². The number of hydrogen-bond donors (Lipinski definition) is 0. The highest BCUT2D eigenvalue weighted by molar-refractivity contribution is 6.17. The molecule has 0 atom stereocenters. The van der Waals surface area contributed by atoms with Crippen molar-refractivity contribution in [1.29, 1.82) is 0 Å². The summed E-state index contributed by atoms with van der Waals surface area (Å²) in [5, 5.41) is 0. The molecule has 6 heteroatoms. The van der Waals surface area contributed by atoms with Crippen LogP contribution in [0.25, 0.3) is 0 Å². The van der Waals surface area contributed by atoms with E-state index >= 15 is 0 Å². The molecule has 1 aromatic rings. The zero-order valence-electron chi connectivity index (χ0n) is 8.75. The van der Waals surface area contributed by atoms with Gasteiger partial charge in [0.05, 0.1) is 0 Å². The van der Waals surface area contributed by atoms with Gasteiger partial charge in [0.1, 0.15) is 17.2 Å². The summed E-state index contributed by atoms with van der Waals surface area (Å²) in [4.78, 5) is 0. The third kappa shape index (κ3) is 3.84. The maximum absolute atomic E-state index is 13.1. The molecule has 0 radical (unpaired) electrons. The summed E-state index contributed by atoms with van der Waals surface area (Å²) < 4.78 is 63.0. The van der Waals surface area contributed by atoms with Crippen LogP contribution in [0.5, 0.6) is 0 Å². The monoisotopic (exact) mass is 272 g/mol. The maximum Gasteiger partial charge on any atom is 0.422 e. The van der Waals surface area contributed by atoms with Gasteiger partial charge in [-0.15, -0.1) is 11.6 Å². The van der Waals surface area contributed by atoms with Gasteiger partial charge in [0.2, 0.25) is 0 Å². The average molecular weight is 273 g/mol. The van der Waals surface area contributed by atoms with Gasteiger partial charge in [-0.25, -0.2) is 8.78 Å². The number of benzene rings is 1. The summed E-state index contributed by atoms with van der Waals surface area (Å²) in [5.41, 5.74) is -1.63.